The van der Waals surface area contributed by atoms with Crippen LogP contribution in [0.15, 0.2) is 0 Å². The molecule has 4 unspecified atom stereocenters. The van der Waals surface area contributed by atoms with E-state index in [0.29, 0.717) is 31.6 Å². The van der Waals surface area contributed by atoms with Crippen molar-refractivity contribution in [3.63, 3.8) is 0 Å². The largest absolute Gasteiger partial charge is 0.472 e. The average molecular weight is 1340 g/mol. The van der Waals surface area contributed by atoms with Crippen molar-refractivity contribution in [2.45, 2.75) is 375 Å². The molecule has 91 heavy (non-hydrogen) atoms. The van der Waals surface area contributed by atoms with E-state index in [2.05, 4.69) is 55.4 Å². The fraction of sp³-hybridized carbons (Fsp3) is 0.944. The van der Waals surface area contributed by atoms with Gasteiger partial charge in [0, 0.05) is 25.7 Å². The van der Waals surface area contributed by atoms with E-state index in [4.69, 9.17) is 37.0 Å². The number of hydrogen-bond donors (Lipinski definition) is 3. The van der Waals surface area contributed by atoms with Gasteiger partial charge in [-0.15, -0.1) is 0 Å². The zero-order valence-electron chi connectivity index (χ0n) is 59.5. The highest BCUT2D eigenvalue weighted by Gasteiger charge is 2.30. The number of aliphatic hydroxyl groups excluding tert-OH is 1. The van der Waals surface area contributed by atoms with Crippen molar-refractivity contribution >= 4 is 39.5 Å². The summed E-state index contributed by atoms with van der Waals surface area (Å²) in [5, 5.41) is 10.6. The smallest absolute Gasteiger partial charge is 0.462 e. The van der Waals surface area contributed by atoms with Crippen molar-refractivity contribution in [2.24, 2.45) is 23.7 Å². The second-order valence-electron chi connectivity index (χ2n) is 27.4. The maximum atomic E-state index is 13.0. The second-order valence-corrected chi connectivity index (χ2v) is 30.3. The molecular formula is C72H140O17P2. The van der Waals surface area contributed by atoms with Crippen LogP contribution >= 0.6 is 15.6 Å². The maximum absolute atomic E-state index is 13.0. The minimum atomic E-state index is -4.95. The molecule has 0 amide bonds. The van der Waals surface area contributed by atoms with E-state index in [-0.39, 0.29) is 25.7 Å². The van der Waals surface area contributed by atoms with Gasteiger partial charge in [-0.25, -0.2) is 9.13 Å². The zero-order chi connectivity index (χ0) is 67.5. The van der Waals surface area contributed by atoms with Gasteiger partial charge in [0.2, 0.25) is 0 Å². The Labute approximate surface area is 556 Å². The number of aliphatic hydroxyl groups is 1. The lowest BCUT2D eigenvalue weighted by Crippen LogP contribution is -2.30. The van der Waals surface area contributed by atoms with Crippen molar-refractivity contribution in [3.8, 4) is 0 Å². The van der Waals surface area contributed by atoms with E-state index in [0.717, 1.165) is 114 Å². The molecule has 0 bridgehead atoms. The standard InChI is InChI=1S/C72H140O17P2/c1-9-64(7)50-42-34-26-20-15-13-11-12-14-16-21-27-36-44-52-69(74)82-58-67(89-72(77)55-47-39-29-23-25-33-41-49-63(5)6)60-86-90(78,79)84-56-66(73)57-85-91(80,81)87-61-68(59-83-70(75)53-45-37-31-30-35-43-51-65(8)10-2)88-71(76)54-46-38-28-22-18-17-19-24-32-40-48-62(3)4/h62-68,73H,9-61H2,1-8H3,(H,78,79)(H,80,81)/t64?,65?,66-,67-,68-/m1/s1. The third-order valence-corrected chi connectivity index (χ3v) is 19.2. The van der Waals surface area contributed by atoms with Crippen LogP contribution in [0.4, 0.5) is 0 Å². The Balaban J connectivity index is 5.20. The fourth-order valence-electron chi connectivity index (χ4n) is 10.8. The SMILES string of the molecule is CCC(C)CCCCCCCCCCCCCCCCC(=O)OC[C@H](COP(=O)(O)OC[C@@H](O)COP(=O)(O)OC[C@@H](COC(=O)CCCCCCCCC(C)CC)OC(=O)CCCCCCCCCCCCC(C)C)OC(=O)CCCCCCCCCC(C)C. The summed E-state index contributed by atoms with van der Waals surface area (Å²) < 4.78 is 68.3. The molecule has 0 aliphatic carbocycles. The van der Waals surface area contributed by atoms with Gasteiger partial charge in [0.05, 0.1) is 26.4 Å². The summed E-state index contributed by atoms with van der Waals surface area (Å²) in [5.41, 5.74) is 0. The van der Waals surface area contributed by atoms with Gasteiger partial charge in [0.15, 0.2) is 12.2 Å². The first-order valence-electron chi connectivity index (χ1n) is 37.3. The first kappa shape index (κ1) is 89.1. The Morgan fingerprint density at radius 2 is 0.527 bits per heavy atom. The van der Waals surface area contributed by atoms with E-state index in [9.17, 15) is 43.2 Å². The number of carbonyl (C=O) groups is 4. The van der Waals surface area contributed by atoms with Crippen LogP contribution < -0.4 is 0 Å². The average Bonchev–Trinajstić information content (AvgIpc) is 3.26. The van der Waals surface area contributed by atoms with E-state index in [1.54, 1.807) is 0 Å². The Morgan fingerprint density at radius 3 is 0.780 bits per heavy atom. The van der Waals surface area contributed by atoms with E-state index in [1.807, 2.05) is 0 Å². The molecule has 17 nitrogen and oxygen atoms in total. The van der Waals surface area contributed by atoms with Crippen LogP contribution in [0.2, 0.25) is 0 Å². The molecule has 0 fully saturated rings. The molecule has 0 saturated heterocycles. The van der Waals surface area contributed by atoms with Gasteiger partial charge in [0.25, 0.3) is 0 Å². The van der Waals surface area contributed by atoms with Crippen LogP contribution in [0.3, 0.4) is 0 Å². The monoisotopic (exact) mass is 1340 g/mol. The van der Waals surface area contributed by atoms with Gasteiger partial charge in [-0.05, 0) is 49.4 Å². The van der Waals surface area contributed by atoms with Gasteiger partial charge in [0.1, 0.15) is 19.3 Å². The number of esters is 4. The van der Waals surface area contributed by atoms with Gasteiger partial charge in [-0.1, -0.05) is 306 Å². The molecule has 0 saturated carbocycles. The summed E-state index contributed by atoms with van der Waals surface area (Å²) >= 11 is 0. The summed E-state index contributed by atoms with van der Waals surface area (Å²) in [5.74, 6) is 0.899. The van der Waals surface area contributed by atoms with Crippen molar-refractivity contribution < 1.29 is 80.2 Å². The van der Waals surface area contributed by atoms with E-state index >= 15 is 0 Å². The van der Waals surface area contributed by atoms with E-state index < -0.39 is 97.5 Å². The van der Waals surface area contributed by atoms with Crippen LogP contribution in [-0.2, 0) is 65.4 Å². The minimum absolute atomic E-state index is 0.103. The molecule has 0 aliphatic rings. The highest BCUT2D eigenvalue weighted by Crippen LogP contribution is 2.45. The van der Waals surface area contributed by atoms with Gasteiger partial charge in [-0.3, -0.25) is 37.3 Å². The minimum Gasteiger partial charge on any atom is -0.462 e. The molecule has 0 aromatic heterocycles. The molecule has 0 aromatic rings. The van der Waals surface area contributed by atoms with Crippen LogP contribution in [0.5, 0.6) is 0 Å². The number of ether oxygens (including phenoxy) is 4. The third kappa shape index (κ3) is 63.9. The second kappa shape index (κ2) is 61.6. The van der Waals surface area contributed by atoms with Crippen molar-refractivity contribution in [1.29, 1.82) is 0 Å². The Kier molecular flexibility index (Phi) is 60.3. The van der Waals surface area contributed by atoms with Crippen LogP contribution in [0.25, 0.3) is 0 Å². The summed E-state index contributed by atoms with van der Waals surface area (Å²) in [7, 11) is -9.90. The Morgan fingerprint density at radius 1 is 0.308 bits per heavy atom. The predicted molar refractivity (Wildman–Crippen MR) is 367 cm³/mol. The number of unbranched alkanes of at least 4 members (excludes halogenated alkanes) is 33. The lowest BCUT2D eigenvalue weighted by molar-refractivity contribution is -0.161. The highest BCUT2D eigenvalue weighted by molar-refractivity contribution is 7.47. The summed E-state index contributed by atoms with van der Waals surface area (Å²) in [6.45, 7) is 14.1. The number of hydrogen-bond acceptors (Lipinski definition) is 15. The number of rotatable bonds is 69. The first-order chi connectivity index (χ1) is 43.7. The Bertz CT molecular complexity index is 1800. The molecule has 0 aromatic carbocycles. The van der Waals surface area contributed by atoms with Gasteiger partial charge >= 0.3 is 39.5 Å². The highest BCUT2D eigenvalue weighted by atomic mass is 31.2. The molecule has 540 valence electrons. The lowest BCUT2D eigenvalue weighted by atomic mass is 9.99. The Hall–Kier alpha value is -1.94. The zero-order valence-corrected chi connectivity index (χ0v) is 61.3. The molecule has 0 spiro atoms. The number of phosphoric ester groups is 2. The first-order valence-corrected chi connectivity index (χ1v) is 40.3. The van der Waals surface area contributed by atoms with Gasteiger partial charge < -0.3 is 33.8 Å². The topological polar surface area (TPSA) is 237 Å². The van der Waals surface area contributed by atoms with E-state index in [1.165, 1.54) is 154 Å². The summed E-state index contributed by atoms with van der Waals surface area (Å²) in [6.07, 6.45) is 44.5. The normalized spacial score (nSPS) is 14.8. The molecule has 19 heteroatoms. The van der Waals surface area contributed by atoms with Gasteiger partial charge in [-0.2, -0.15) is 0 Å². The molecule has 7 atom stereocenters. The third-order valence-electron chi connectivity index (χ3n) is 17.3. The number of carbonyl (C=O) groups excluding carboxylic acids is 4. The quantitative estimate of drug-likeness (QED) is 0.0222. The number of phosphoric acid groups is 2. The summed E-state index contributed by atoms with van der Waals surface area (Å²) in [6, 6.07) is 0. The van der Waals surface area contributed by atoms with Crippen LogP contribution in [-0.4, -0.2) is 96.7 Å². The lowest BCUT2D eigenvalue weighted by Gasteiger charge is -2.21. The maximum Gasteiger partial charge on any atom is 0.472 e. The molecule has 0 rings (SSSR count). The van der Waals surface area contributed by atoms with Crippen molar-refractivity contribution in [2.75, 3.05) is 39.6 Å². The summed E-state index contributed by atoms with van der Waals surface area (Å²) in [4.78, 5) is 72.6. The molecule has 3 N–H and O–H groups in total. The molecule has 0 heterocycles. The van der Waals surface area contributed by atoms with Crippen molar-refractivity contribution in [3.05, 3.63) is 0 Å². The molecule has 0 aliphatic heterocycles. The fourth-order valence-corrected chi connectivity index (χ4v) is 12.4. The van der Waals surface area contributed by atoms with Crippen LogP contribution in [0, 0.1) is 23.7 Å². The predicted octanol–water partition coefficient (Wildman–Crippen LogP) is 20.5. The van der Waals surface area contributed by atoms with Crippen LogP contribution in [0.1, 0.15) is 357 Å². The molecular weight excluding hydrogens is 1200 g/mol. The van der Waals surface area contributed by atoms with Crippen molar-refractivity contribution in [1.82, 2.24) is 0 Å². The molecule has 0 radical (unpaired) electrons.